The van der Waals surface area contributed by atoms with E-state index >= 15 is 0 Å². The molecule has 148 valence electrons. The van der Waals surface area contributed by atoms with Crippen LogP contribution < -0.4 is 4.90 Å². The van der Waals surface area contributed by atoms with Crippen LogP contribution in [0.3, 0.4) is 0 Å². The molecular weight excluding hydrogens is 380 g/mol. The van der Waals surface area contributed by atoms with Crippen molar-refractivity contribution in [2.24, 2.45) is 5.10 Å². The predicted molar refractivity (Wildman–Crippen MR) is 116 cm³/mol. The Morgan fingerprint density at radius 1 is 1.10 bits per heavy atom. The van der Waals surface area contributed by atoms with Crippen LogP contribution in [0.1, 0.15) is 42.3 Å². The first kappa shape index (κ1) is 18.5. The minimum Gasteiger partial charge on any atom is -0.319 e. The summed E-state index contributed by atoms with van der Waals surface area (Å²) in [6.45, 7) is 2.20. The van der Waals surface area contributed by atoms with Gasteiger partial charge in [-0.1, -0.05) is 42.5 Å². The smallest absolute Gasteiger partial charge is 0.297 e. The maximum Gasteiger partial charge on any atom is 0.297 e. The average Bonchev–Trinajstić information content (AvgIpc) is 3.42. The van der Waals surface area contributed by atoms with Gasteiger partial charge in [-0.15, -0.1) is 11.3 Å². The highest BCUT2D eigenvalue weighted by molar-refractivity contribution is 7.18. The molecule has 2 atom stereocenters. The van der Waals surface area contributed by atoms with E-state index in [4.69, 9.17) is 4.98 Å². The minimum atomic E-state index is 0.124. The molecule has 6 heteroatoms. The first-order valence-electron chi connectivity index (χ1n) is 10.4. The molecule has 1 saturated heterocycles. The van der Waals surface area contributed by atoms with Gasteiger partial charge in [-0.2, -0.15) is 5.10 Å². The van der Waals surface area contributed by atoms with Crippen LogP contribution in [0, 0.1) is 0 Å². The maximum absolute atomic E-state index is 13.0. The van der Waals surface area contributed by atoms with Crippen molar-refractivity contribution in [1.82, 2.24) is 9.99 Å². The predicted octanol–water partition coefficient (Wildman–Crippen LogP) is 3.04. The van der Waals surface area contributed by atoms with E-state index in [1.54, 1.807) is 16.3 Å². The molecule has 3 aromatic rings. The Bertz CT molecular complexity index is 1010. The van der Waals surface area contributed by atoms with Gasteiger partial charge < -0.3 is 4.90 Å². The number of benzene rings is 2. The van der Waals surface area contributed by atoms with Crippen LogP contribution in [-0.2, 0) is 4.79 Å². The molecule has 0 aliphatic carbocycles. The van der Waals surface area contributed by atoms with Crippen molar-refractivity contribution in [1.29, 1.82) is 0 Å². The highest BCUT2D eigenvalue weighted by Crippen LogP contribution is 2.28. The lowest BCUT2D eigenvalue weighted by Crippen LogP contribution is -3.14. The van der Waals surface area contributed by atoms with E-state index in [1.165, 1.54) is 27.4 Å². The van der Waals surface area contributed by atoms with E-state index in [2.05, 4.69) is 35.4 Å². The summed E-state index contributed by atoms with van der Waals surface area (Å²) < 4.78 is 1.23. The number of carbonyl (C=O) groups excluding carboxylic acids is 1. The summed E-state index contributed by atoms with van der Waals surface area (Å²) in [5.74, 6) is 0.124. The molecule has 2 aliphatic rings. The second-order valence-corrected chi connectivity index (χ2v) is 8.90. The fraction of sp³-hybridized carbons (Fsp3) is 0.348. The normalized spacial score (nSPS) is 22.1. The molecule has 1 N–H and O–H groups in total. The molecule has 1 unspecified atom stereocenters. The van der Waals surface area contributed by atoms with Crippen LogP contribution >= 0.6 is 11.3 Å². The van der Waals surface area contributed by atoms with Gasteiger partial charge in [0.2, 0.25) is 0 Å². The van der Waals surface area contributed by atoms with Crippen molar-refractivity contribution in [3.05, 3.63) is 65.2 Å². The lowest BCUT2D eigenvalue weighted by molar-refractivity contribution is -0.929. The minimum absolute atomic E-state index is 0.124. The number of carbonyl (C=O) groups is 1. The van der Waals surface area contributed by atoms with Gasteiger partial charge in [-0.25, -0.2) is 9.99 Å². The monoisotopic (exact) mass is 405 g/mol. The quantitative estimate of drug-likeness (QED) is 0.725. The van der Waals surface area contributed by atoms with Crippen LogP contribution in [-0.4, -0.2) is 41.2 Å². The Labute approximate surface area is 174 Å². The summed E-state index contributed by atoms with van der Waals surface area (Å²) in [5, 5.41) is 7.48. The van der Waals surface area contributed by atoms with E-state index < -0.39 is 0 Å². The zero-order valence-corrected chi connectivity index (χ0v) is 17.2. The van der Waals surface area contributed by atoms with Gasteiger partial charge in [0.05, 0.1) is 29.0 Å². The van der Waals surface area contributed by atoms with Crippen LogP contribution in [0.25, 0.3) is 10.2 Å². The Balaban J connectivity index is 1.32. The summed E-state index contributed by atoms with van der Waals surface area (Å²) in [6.07, 6.45) is 4.30. The Hall–Kier alpha value is -2.57. The first-order chi connectivity index (χ1) is 14.3. The van der Waals surface area contributed by atoms with Crippen LogP contribution in [0.2, 0.25) is 0 Å². The topological polar surface area (TPSA) is 50.0 Å². The van der Waals surface area contributed by atoms with Crippen LogP contribution in [0.15, 0.2) is 59.7 Å². The number of piperidine rings is 1. The number of quaternary nitrogens is 1. The molecule has 5 rings (SSSR count). The number of para-hydroxylation sites is 1. The number of hydrogen-bond donors (Lipinski definition) is 1. The number of likely N-dealkylation sites (tertiary alicyclic amines) is 1. The number of nitrogens with zero attached hydrogens (tertiary/aromatic N) is 3. The molecule has 3 heterocycles. The zero-order valence-electron chi connectivity index (χ0n) is 16.4. The molecule has 1 aromatic heterocycles. The number of amides is 1. The number of hydrogen-bond acceptors (Lipinski definition) is 4. The Morgan fingerprint density at radius 2 is 1.93 bits per heavy atom. The van der Waals surface area contributed by atoms with Crippen molar-refractivity contribution in [3.63, 3.8) is 0 Å². The lowest BCUT2D eigenvalue weighted by Gasteiger charge is -2.31. The number of fused-ring (bicyclic) bond motifs is 1. The van der Waals surface area contributed by atoms with Crippen molar-refractivity contribution in [3.8, 4) is 0 Å². The van der Waals surface area contributed by atoms with Gasteiger partial charge >= 0.3 is 0 Å². The third-order valence-electron chi connectivity index (χ3n) is 5.92. The standard InChI is InChI=1S/C23H24N4OS/c28-22(27-15-13-18(25-27)17-8-2-1-3-9-17)16-26-14-7-6-11-20(26)23-24-19-10-4-5-12-21(19)29-23/h1-5,8-10,12,20H,6-7,11,13-16H2/p+1/t20-/m0/s1. The zero-order chi connectivity index (χ0) is 19.6. The maximum atomic E-state index is 13.0. The van der Waals surface area contributed by atoms with Crippen molar-refractivity contribution in [2.45, 2.75) is 31.7 Å². The molecule has 2 aromatic carbocycles. The number of hydrazone groups is 1. The number of thiazole rings is 1. The summed E-state index contributed by atoms with van der Waals surface area (Å²) in [5.41, 5.74) is 3.19. The summed E-state index contributed by atoms with van der Waals surface area (Å²) >= 11 is 1.78. The van der Waals surface area contributed by atoms with Crippen LogP contribution in [0.5, 0.6) is 0 Å². The fourth-order valence-corrected chi connectivity index (χ4v) is 5.54. The summed E-state index contributed by atoms with van der Waals surface area (Å²) in [7, 11) is 0. The third kappa shape index (κ3) is 3.82. The Kier molecular flexibility index (Phi) is 5.12. The molecular formula is C23H25N4OS+. The van der Waals surface area contributed by atoms with Gasteiger partial charge in [0, 0.05) is 12.8 Å². The molecule has 2 aliphatic heterocycles. The second kappa shape index (κ2) is 8.05. The van der Waals surface area contributed by atoms with Crippen LogP contribution in [0.4, 0.5) is 0 Å². The first-order valence-corrected chi connectivity index (χ1v) is 11.2. The van der Waals surface area contributed by atoms with E-state index in [0.29, 0.717) is 19.1 Å². The van der Waals surface area contributed by atoms with E-state index in [0.717, 1.165) is 36.2 Å². The number of nitrogens with one attached hydrogen (secondary N) is 1. The molecule has 0 spiro atoms. The molecule has 29 heavy (non-hydrogen) atoms. The molecule has 5 nitrogen and oxygen atoms in total. The Morgan fingerprint density at radius 3 is 2.79 bits per heavy atom. The average molecular weight is 406 g/mol. The summed E-state index contributed by atoms with van der Waals surface area (Å²) in [6, 6.07) is 18.8. The van der Waals surface area contributed by atoms with Gasteiger partial charge in [0.1, 0.15) is 6.04 Å². The van der Waals surface area contributed by atoms with Gasteiger partial charge in [0.25, 0.3) is 5.91 Å². The molecule has 0 radical (unpaired) electrons. The number of rotatable bonds is 4. The van der Waals surface area contributed by atoms with Gasteiger partial charge in [-0.3, -0.25) is 4.79 Å². The second-order valence-electron chi connectivity index (χ2n) is 7.83. The lowest BCUT2D eigenvalue weighted by atomic mass is 10.0. The van der Waals surface area contributed by atoms with Crippen molar-refractivity contribution >= 4 is 33.2 Å². The van der Waals surface area contributed by atoms with Gasteiger partial charge in [-0.05, 0) is 30.5 Å². The SMILES string of the molecule is O=C(C[NH+]1CCCC[C@H]1c1nc2ccccc2s1)N1CCC(c2ccccc2)=N1. The largest absolute Gasteiger partial charge is 0.319 e. The molecule has 0 saturated carbocycles. The molecule has 0 bridgehead atoms. The van der Waals surface area contributed by atoms with E-state index in [9.17, 15) is 4.79 Å². The summed E-state index contributed by atoms with van der Waals surface area (Å²) in [4.78, 5) is 19.2. The molecule has 1 fully saturated rings. The van der Waals surface area contributed by atoms with Crippen molar-refractivity contribution < 1.29 is 9.69 Å². The third-order valence-corrected chi connectivity index (χ3v) is 7.07. The highest BCUT2D eigenvalue weighted by atomic mass is 32.1. The van der Waals surface area contributed by atoms with Crippen molar-refractivity contribution in [2.75, 3.05) is 19.6 Å². The number of aromatic nitrogens is 1. The van der Waals surface area contributed by atoms with E-state index in [1.807, 2.05) is 24.3 Å². The fourth-order valence-electron chi connectivity index (χ4n) is 4.38. The van der Waals surface area contributed by atoms with Gasteiger partial charge in [0.15, 0.2) is 11.6 Å². The van der Waals surface area contributed by atoms with E-state index in [-0.39, 0.29) is 5.91 Å². The molecule has 1 amide bonds. The highest BCUT2D eigenvalue weighted by Gasteiger charge is 2.34.